The number of nitrogens with one attached hydrogen (secondary N) is 1. The summed E-state index contributed by atoms with van der Waals surface area (Å²) in [5.74, 6) is -0.333. The highest BCUT2D eigenvalue weighted by atomic mass is 32.2. The van der Waals surface area contributed by atoms with E-state index < -0.39 is 16.1 Å². The van der Waals surface area contributed by atoms with Crippen LogP contribution in [0.5, 0.6) is 0 Å². The maximum Gasteiger partial charge on any atom is 0.243 e. The molecule has 1 amide bonds. The lowest BCUT2D eigenvalue weighted by Crippen LogP contribution is -2.43. The third kappa shape index (κ3) is 5.00. The van der Waals surface area contributed by atoms with Crippen LogP contribution in [0.2, 0.25) is 0 Å². The third-order valence-corrected chi connectivity index (χ3v) is 5.51. The van der Waals surface area contributed by atoms with Crippen LogP contribution >= 0.6 is 0 Å². The van der Waals surface area contributed by atoms with Crippen molar-refractivity contribution in [1.82, 2.24) is 9.62 Å². The number of rotatable bonds is 8. The van der Waals surface area contributed by atoms with Gasteiger partial charge in [-0.1, -0.05) is 32.0 Å². The van der Waals surface area contributed by atoms with Crippen molar-refractivity contribution in [2.75, 3.05) is 20.2 Å². The Labute approximate surface area is 137 Å². The Kier molecular flexibility index (Phi) is 7.14. The fourth-order valence-electron chi connectivity index (χ4n) is 1.93. The summed E-state index contributed by atoms with van der Waals surface area (Å²) < 4.78 is 26.1. The first-order valence-electron chi connectivity index (χ1n) is 7.40. The Morgan fingerprint density at radius 3 is 2.52 bits per heavy atom. The molecule has 0 aliphatic rings. The molecular weight excluding hydrogens is 318 g/mol. The van der Waals surface area contributed by atoms with Crippen LogP contribution < -0.4 is 11.1 Å². The molecule has 0 spiro atoms. The van der Waals surface area contributed by atoms with Crippen LogP contribution in [0.15, 0.2) is 29.2 Å². The van der Waals surface area contributed by atoms with Gasteiger partial charge in [-0.15, -0.1) is 0 Å². The summed E-state index contributed by atoms with van der Waals surface area (Å²) in [5.41, 5.74) is 6.24. The Morgan fingerprint density at radius 2 is 1.96 bits per heavy atom. The van der Waals surface area contributed by atoms with Gasteiger partial charge < -0.3 is 16.2 Å². The van der Waals surface area contributed by atoms with Gasteiger partial charge in [0.15, 0.2) is 0 Å². The normalized spacial score (nSPS) is 13.3. The summed E-state index contributed by atoms with van der Waals surface area (Å²) in [6, 6.07) is 5.80. The second kappa shape index (κ2) is 8.39. The molecule has 0 aliphatic carbocycles. The molecule has 0 saturated heterocycles. The first-order chi connectivity index (χ1) is 10.7. The van der Waals surface area contributed by atoms with Gasteiger partial charge >= 0.3 is 0 Å². The smallest absolute Gasteiger partial charge is 0.243 e. The lowest BCUT2D eigenvalue weighted by Gasteiger charge is -2.19. The number of benzene rings is 1. The van der Waals surface area contributed by atoms with Crippen LogP contribution in [-0.4, -0.2) is 50.0 Å². The molecule has 0 fully saturated rings. The van der Waals surface area contributed by atoms with Gasteiger partial charge in [-0.25, -0.2) is 8.42 Å². The van der Waals surface area contributed by atoms with Gasteiger partial charge in [-0.2, -0.15) is 4.31 Å². The van der Waals surface area contributed by atoms with E-state index in [0.29, 0.717) is 5.56 Å². The molecule has 1 atom stereocenters. The quantitative estimate of drug-likeness (QED) is 0.610. The zero-order valence-electron chi connectivity index (χ0n) is 13.7. The first kappa shape index (κ1) is 19.6. The number of nitrogens with two attached hydrogens (primary N) is 1. The molecule has 1 aromatic rings. The van der Waals surface area contributed by atoms with E-state index in [1.807, 2.05) is 13.8 Å². The monoisotopic (exact) mass is 343 g/mol. The van der Waals surface area contributed by atoms with Crippen molar-refractivity contribution in [2.24, 2.45) is 11.7 Å². The molecule has 0 radical (unpaired) electrons. The van der Waals surface area contributed by atoms with Crippen molar-refractivity contribution in [1.29, 1.82) is 0 Å². The fraction of sp³-hybridized carbons (Fsp3) is 0.533. The van der Waals surface area contributed by atoms with Gasteiger partial charge in [0.05, 0.1) is 17.5 Å². The highest BCUT2D eigenvalue weighted by molar-refractivity contribution is 7.89. The summed E-state index contributed by atoms with van der Waals surface area (Å²) in [4.78, 5) is 12.0. The lowest BCUT2D eigenvalue weighted by molar-refractivity contribution is -0.123. The van der Waals surface area contributed by atoms with E-state index >= 15 is 0 Å². The second-order valence-electron chi connectivity index (χ2n) is 5.65. The summed E-state index contributed by atoms with van der Waals surface area (Å²) in [6.07, 6.45) is 0. The van der Waals surface area contributed by atoms with Crippen LogP contribution in [0.3, 0.4) is 0 Å². The maximum atomic E-state index is 12.5. The van der Waals surface area contributed by atoms with Crippen molar-refractivity contribution in [3.63, 3.8) is 0 Å². The minimum atomic E-state index is -3.73. The number of nitrogens with zero attached hydrogens (tertiary/aromatic N) is 1. The highest BCUT2D eigenvalue weighted by Gasteiger charge is 2.24. The van der Waals surface area contributed by atoms with Crippen LogP contribution in [0, 0.1) is 5.92 Å². The second-order valence-corrected chi connectivity index (χ2v) is 7.66. The summed E-state index contributed by atoms with van der Waals surface area (Å²) in [6.45, 7) is 3.49. The number of carbonyl (C=O) groups excluding carboxylic acids is 1. The molecule has 0 bridgehead atoms. The molecule has 130 valence electrons. The fourth-order valence-corrected chi connectivity index (χ4v) is 3.31. The van der Waals surface area contributed by atoms with Crippen molar-refractivity contribution in [2.45, 2.75) is 31.3 Å². The SMILES string of the molecule is CC(C)[C@H](N)C(=O)NCc1ccccc1S(=O)(=O)N(C)CCO. The summed E-state index contributed by atoms with van der Waals surface area (Å²) >= 11 is 0. The van der Waals surface area contributed by atoms with Crippen molar-refractivity contribution in [3.05, 3.63) is 29.8 Å². The maximum absolute atomic E-state index is 12.5. The topological polar surface area (TPSA) is 113 Å². The predicted molar refractivity (Wildman–Crippen MR) is 88.0 cm³/mol. The minimum Gasteiger partial charge on any atom is -0.395 e. The van der Waals surface area contributed by atoms with Gasteiger partial charge in [0.1, 0.15) is 0 Å². The number of amides is 1. The summed E-state index contributed by atoms with van der Waals surface area (Å²) in [5, 5.41) is 11.6. The molecule has 7 nitrogen and oxygen atoms in total. The minimum absolute atomic E-state index is 0.00124. The van der Waals surface area contributed by atoms with Gasteiger partial charge in [0.25, 0.3) is 0 Å². The third-order valence-electron chi connectivity index (χ3n) is 3.55. The van der Waals surface area contributed by atoms with E-state index in [2.05, 4.69) is 5.32 Å². The Hall–Kier alpha value is -1.48. The van der Waals surface area contributed by atoms with Gasteiger partial charge in [0.2, 0.25) is 15.9 Å². The highest BCUT2D eigenvalue weighted by Crippen LogP contribution is 2.19. The number of sulfonamides is 1. The predicted octanol–water partition coefficient (Wildman–Crippen LogP) is -0.101. The molecular formula is C15H25N3O4S. The Morgan fingerprint density at radius 1 is 1.35 bits per heavy atom. The van der Waals surface area contributed by atoms with Crippen molar-refractivity contribution < 1.29 is 18.3 Å². The number of aliphatic hydroxyl groups is 1. The lowest BCUT2D eigenvalue weighted by atomic mass is 10.0. The van der Waals surface area contributed by atoms with E-state index in [1.54, 1.807) is 18.2 Å². The average Bonchev–Trinajstić information content (AvgIpc) is 2.52. The van der Waals surface area contributed by atoms with Crippen molar-refractivity contribution >= 4 is 15.9 Å². The Bertz CT molecular complexity index is 631. The summed E-state index contributed by atoms with van der Waals surface area (Å²) in [7, 11) is -2.33. The Balaban J connectivity index is 2.97. The van der Waals surface area contributed by atoms with Gasteiger partial charge in [-0.3, -0.25) is 4.79 Å². The molecule has 1 aromatic carbocycles. The number of aliphatic hydroxyl groups excluding tert-OH is 1. The molecule has 0 saturated carbocycles. The molecule has 0 aliphatic heterocycles. The number of carbonyl (C=O) groups is 1. The molecule has 0 unspecified atom stereocenters. The van der Waals surface area contributed by atoms with E-state index in [1.165, 1.54) is 13.1 Å². The molecule has 0 aromatic heterocycles. The van der Waals surface area contributed by atoms with Crippen LogP contribution in [0.1, 0.15) is 19.4 Å². The molecule has 4 N–H and O–H groups in total. The van der Waals surface area contributed by atoms with E-state index in [0.717, 1.165) is 4.31 Å². The van der Waals surface area contributed by atoms with Crippen molar-refractivity contribution in [3.8, 4) is 0 Å². The van der Waals surface area contributed by atoms with Gasteiger partial charge in [-0.05, 0) is 17.5 Å². The number of hydrogen-bond donors (Lipinski definition) is 3. The van der Waals surface area contributed by atoms with Crippen LogP contribution in [0.25, 0.3) is 0 Å². The zero-order chi connectivity index (χ0) is 17.6. The molecule has 8 heteroatoms. The van der Waals surface area contributed by atoms with E-state index in [4.69, 9.17) is 10.8 Å². The number of hydrogen-bond acceptors (Lipinski definition) is 5. The number of likely N-dealkylation sites (N-methyl/N-ethyl adjacent to an activating group) is 1. The zero-order valence-corrected chi connectivity index (χ0v) is 14.5. The standard InChI is InChI=1S/C15H25N3O4S/c1-11(2)14(16)15(20)17-10-12-6-4-5-7-13(12)23(21,22)18(3)8-9-19/h4-7,11,14,19H,8-10,16H2,1-3H3,(H,17,20)/t14-/m0/s1. The first-order valence-corrected chi connectivity index (χ1v) is 8.84. The van der Waals surface area contributed by atoms with Gasteiger partial charge in [0, 0.05) is 20.1 Å². The molecule has 23 heavy (non-hydrogen) atoms. The molecule has 1 rings (SSSR count). The van der Waals surface area contributed by atoms with Crippen LogP contribution in [-0.2, 0) is 21.4 Å². The average molecular weight is 343 g/mol. The van der Waals surface area contributed by atoms with E-state index in [9.17, 15) is 13.2 Å². The molecule has 0 heterocycles. The van der Waals surface area contributed by atoms with E-state index in [-0.39, 0.29) is 36.4 Å². The van der Waals surface area contributed by atoms with Crippen LogP contribution in [0.4, 0.5) is 0 Å². The largest absolute Gasteiger partial charge is 0.395 e.